The first kappa shape index (κ1) is 19.7. The summed E-state index contributed by atoms with van der Waals surface area (Å²) in [5.74, 6) is -0.545. The summed E-state index contributed by atoms with van der Waals surface area (Å²) in [6.07, 6.45) is 1.39. The lowest BCUT2D eigenvalue weighted by atomic mass is 10.1. The molecule has 6 nitrogen and oxygen atoms in total. The lowest BCUT2D eigenvalue weighted by Gasteiger charge is -2.10. The van der Waals surface area contributed by atoms with Crippen molar-refractivity contribution in [3.63, 3.8) is 0 Å². The Kier molecular flexibility index (Phi) is 5.29. The van der Waals surface area contributed by atoms with Gasteiger partial charge in [0.25, 0.3) is 5.56 Å². The van der Waals surface area contributed by atoms with E-state index in [-0.39, 0.29) is 17.9 Å². The molecular formula is C23H19N3O3S. The third kappa shape index (κ3) is 3.67. The first-order chi connectivity index (χ1) is 14.5. The largest absolute Gasteiger partial charge is 0.324 e. The highest BCUT2D eigenvalue weighted by Gasteiger charge is 2.17. The van der Waals surface area contributed by atoms with Crippen molar-refractivity contribution in [1.29, 1.82) is 0 Å². The molecular weight excluding hydrogens is 398 g/mol. The van der Waals surface area contributed by atoms with Gasteiger partial charge in [-0.1, -0.05) is 42.5 Å². The van der Waals surface area contributed by atoms with Gasteiger partial charge in [0.2, 0.25) is 5.91 Å². The molecule has 0 aliphatic heterocycles. The van der Waals surface area contributed by atoms with Gasteiger partial charge in [0.05, 0.1) is 17.4 Å². The van der Waals surface area contributed by atoms with Crippen molar-refractivity contribution in [2.45, 2.75) is 20.4 Å². The van der Waals surface area contributed by atoms with E-state index in [0.717, 1.165) is 16.0 Å². The highest BCUT2D eigenvalue weighted by atomic mass is 32.1. The lowest BCUT2D eigenvalue weighted by Crippen LogP contribution is -2.28. The highest BCUT2D eigenvalue weighted by Crippen LogP contribution is 2.35. The smallest absolute Gasteiger partial charge is 0.262 e. The number of aromatic nitrogens is 2. The van der Waals surface area contributed by atoms with Gasteiger partial charge < -0.3 is 5.32 Å². The number of benzene rings is 2. The fourth-order valence-corrected chi connectivity index (χ4v) is 4.53. The number of thiophene rings is 1. The van der Waals surface area contributed by atoms with E-state index in [2.05, 4.69) is 10.3 Å². The molecule has 0 unspecified atom stereocenters. The molecule has 0 aliphatic carbocycles. The zero-order chi connectivity index (χ0) is 21.3. The number of aryl methyl sites for hydroxylation is 1. The summed E-state index contributed by atoms with van der Waals surface area (Å²) in [7, 11) is 0. The van der Waals surface area contributed by atoms with Gasteiger partial charge in [0, 0.05) is 10.4 Å². The predicted octanol–water partition coefficient (Wildman–Crippen LogP) is 4.27. The quantitative estimate of drug-likeness (QED) is 0.492. The SMILES string of the molecule is CC(=O)c1ccccc1NC(=O)Cn1cnc2sc(-c3ccccc3)c(C)c2c1=O. The van der Waals surface area contributed by atoms with E-state index in [1.807, 2.05) is 37.3 Å². The molecule has 1 amide bonds. The van der Waals surface area contributed by atoms with Crippen molar-refractivity contribution in [3.8, 4) is 10.4 Å². The number of carbonyl (C=O) groups excluding carboxylic acids is 2. The van der Waals surface area contributed by atoms with Crippen molar-refractivity contribution in [2.24, 2.45) is 0 Å². The second kappa shape index (κ2) is 8.04. The van der Waals surface area contributed by atoms with E-state index < -0.39 is 5.91 Å². The summed E-state index contributed by atoms with van der Waals surface area (Å²) in [5, 5.41) is 3.24. The number of hydrogen-bond donors (Lipinski definition) is 1. The molecule has 2 aromatic heterocycles. The van der Waals surface area contributed by atoms with Crippen LogP contribution < -0.4 is 10.9 Å². The number of fused-ring (bicyclic) bond motifs is 1. The molecule has 7 heteroatoms. The van der Waals surface area contributed by atoms with E-state index >= 15 is 0 Å². The summed E-state index contributed by atoms with van der Waals surface area (Å²) in [5.41, 5.74) is 2.48. The maximum absolute atomic E-state index is 13.1. The summed E-state index contributed by atoms with van der Waals surface area (Å²) in [6, 6.07) is 16.6. The van der Waals surface area contributed by atoms with Crippen LogP contribution in [0.25, 0.3) is 20.7 Å². The Labute approximate surface area is 176 Å². The Morgan fingerprint density at radius 1 is 1.07 bits per heavy atom. The minimum absolute atomic E-state index is 0.145. The summed E-state index contributed by atoms with van der Waals surface area (Å²) in [4.78, 5) is 43.4. The number of rotatable bonds is 5. The molecule has 2 heterocycles. The van der Waals surface area contributed by atoms with Crippen LogP contribution in [0.4, 0.5) is 5.69 Å². The Morgan fingerprint density at radius 3 is 2.50 bits per heavy atom. The third-order valence-electron chi connectivity index (χ3n) is 4.85. The zero-order valence-corrected chi connectivity index (χ0v) is 17.3. The first-order valence-electron chi connectivity index (χ1n) is 9.39. The molecule has 0 saturated heterocycles. The van der Waals surface area contributed by atoms with Crippen molar-refractivity contribution >= 4 is 38.9 Å². The number of ketones is 1. The monoisotopic (exact) mass is 417 g/mol. The summed E-state index contributed by atoms with van der Waals surface area (Å²) in [6.45, 7) is 3.15. The number of nitrogens with one attached hydrogen (secondary N) is 1. The van der Waals surface area contributed by atoms with Gasteiger partial charge in [-0.05, 0) is 37.1 Å². The predicted molar refractivity (Wildman–Crippen MR) is 119 cm³/mol. The van der Waals surface area contributed by atoms with Crippen LogP contribution in [0, 0.1) is 6.92 Å². The van der Waals surface area contributed by atoms with E-state index in [1.165, 1.54) is 29.2 Å². The van der Waals surface area contributed by atoms with Crippen LogP contribution in [0.5, 0.6) is 0 Å². The van der Waals surface area contributed by atoms with Crippen LogP contribution in [-0.2, 0) is 11.3 Å². The lowest BCUT2D eigenvalue weighted by molar-refractivity contribution is -0.116. The molecule has 150 valence electrons. The molecule has 0 saturated carbocycles. The fraction of sp³-hybridized carbons (Fsp3) is 0.130. The van der Waals surface area contributed by atoms with E-state index in [9.17, 15) is 14.4 Å². The number of para-hydroxylation sites is 1. The first-order valence-corrected chi connectivity index (χ1v) is 10.2. The van der Waals surface area contributed by atoms with Gasteiger partial charge in [-0.2, -0.15) is 0 Å². The minimum Gasteiger partial charge on any atom is -0.324 e. The van der Waals surface area contributed by atoms with E-state index in [0.29, 0.717) is 21.5 Å². The van der Waals surface area contributed by atoms with Crippen molar-refractivity contribution in [3.05, 3.63) is 82.4 Å². The van der Waals surface area contributed by atoms with Crippen molar-refractivity contribution in [2.75, 3.05) is 5.32 Å². The van der Waals surface area contributed by atoms with Crippen LogP contribution in [0.15, 0.2) is 65.7 Å². The fourth-order valence-electron chi connectivity index (χ4n) is 3.38. The molecule has 30 heavy (non-hydrogen) atoms. The molecule has 0 atom stereocenters. The molecule has 0 fully saturated rings. The maximum atomic E-state index is 13.1. The number of anilines is 1. The van der Waals surface area contributed by atoms with Gasteiger partial charge in [-0.15, -0.1) is 11.3 Å². The molecule has 0 spiro atoms. The van der Waals surface area contributed by atoms with Crippen LogP contribution in [-0.4, -0.2) is 21.2 Å². The number of Topliss-reactive ketones (excluding diaryl/α,β-unsaturated/α-hetero) is 1. The van der Waals surface area contributed by atoms with Gasteiger partial charge in [0.15, 0.2) is 5.78 Å². The molecule has 4 aromatic rings. The molecule has 1 N–H and O–H groups in total. The molecule has 0 bridgehead atoms. The number of amides is 1. The summed E-state index contributed by atoms with van der Waals surface area (Å²) >= 11 is 1.46. The van der Waals surface area contributed by atoms with Crippen LogP contribution in [0.1, 0.15) is 22.8 Å². The maximum Gasteiger partial charge on any atom is 0.262 e. The van der Waals surface area contributed by atoms with Crippen molar-refractivity contribution < 1.29 is 9.59 Å². The van der Waals surface area contributed by atoms with Gasteiger partial charge in [0.1, 0.15) is 11.4 Å². The topological polar surface area (TPSA) is 81.1 Å². The number of nitrogens with zero attached hydrogens (tertiary/aromatic N) is 2. The Morgan fingerprint density at radius 2 is 1.77 bits per heavy atom. The Hall–Kier alpha value is -3.58. The van der Waals surface area contributed by atoms with Gasteiger partial charge >= 0.3 is 0 Å². The van der Waals surface area contributed by atoms with Crippen molar-refractivity contribution in [1.82, 2.24) is 9.55 Å². The Balaban J connectivity index is 1.65. The number of carbonyl (C=O) groups is 2. The standard InChI is InChI=1S/C23H19N3O3S/c1-14-20-22(30-21(14)16-8-4-3-5-9-16)24-13-26(23(20)29)12-19(28)25-18-11-7-6-10-17(18)15(2)27/h3-11,13H,12H2,1-2H3,(H,25,28). The van der Waals surface area contributed by atoms with E-state index in [4.69, 9.17) is 0 Å². The molecule has 0 aliphatic rings. The summed E-state index contributed by atoms with van der Waals surface area (Å²) < 4.78 is 1.29. The van der Waals surface area contributed by atoms with Crippen LogP contribution >= 0.6 is 11.3 Å². The van der Waals surface area contributed by atoms with Gasteiger partial charge in [-0.25, -0.2) is 4.98 Å². The van der Waals surface area contributed by atoms with Crippen LogP contribution in [0.2, 0.25) is 0 Å². The highest BCUT2D eigenvalue weighted by molar-refractivity contribution is 7.22. The molecule has 4 rings (SSSR count). The number of hydrogen-bond acceptors (Lipinski definition) is 5. The minimum atomic E-state index is -0.400. The average molecular weight is 417 g/mol. The molecule has 0 radical (unpaired) electrons. The second-order valence-electron chi connectivity index (χ2n) is 6.93. The zero-order valence-electron chi connectivity index (χ0n) is 16.5. The van der Waals surface area contributed by atoms with Gasteiger partial charge in [-0.3, -0.25) is 19.0 Å². The molecule has 2 aromatic carbocycles. The normalized spacial score (nSPS) is 10.9. The van der Waals surface area contributed by atoms with Crippen LogP contribution in [0.3, 0.4) is 0 Å². The van der Waals surface area contributed by atoms with E-state index in [1.54, 1.807) is 24.3 Å². The second-order valence-corrected chi connectivity index (χ2v) is 7.93. The third-order valence-corrected chi connectivity index (χ3v) is 6.10. The Bertz CT molecular complexity index is 1320. The average Bonchev–Trinajstić information content (AvgIpc) is 3.08.